The molecule has 0 amide bonds. The zero-order valence-electron chi connectivity index (χ0n) is 19.2. The summed E-state index contributed by atoms with van der Waals surface area (Å²) in [5.74, 6) is -0.906. The summed E-state index contributed by atoms with van der Waals surface area (Å²) in [5.41, 5.74) is 9.53. The lowest BCUT2D eigenvalue weighted by atomic mass is 9.88. The van der Waals surface area contributed by atoms with E-state index in [1.807, 2.05) is 41.5 Å². The minimum absolute atomic E-state index is 0.203. The Balaban J connectivity index is 0.000000241. The van der Waals surface area contributed by atoms with Crippen molar-refractivity contribution in [1.82, 2.24) is 4.90 Å². The first kappa shape index (κ1) is 27.4. The van der Waals surface area contributed by atoms with E-state index >= 15 is 0 Å². The van der Waals surface area contributed by atoms with Gasteiger partial charge in [0.05, 0.1) is 6.04 Å². The second-order valence-corrected chi connectivity index (χ2v) is 12.2. The molecule has 1 saturated heterocycles. The quantitative estimate of drug-likeness (QED) is 0.431. The highest BCUT2D eigenvalue weighted by Gasteiger charge is 2.46. The molecule has 0 saturated carbocycles. The predicted molar refractivity (Wildman–Crippen MR) is 143 cm³/mol. The van der Waals surface area contributed by atoms with Crippen LogP contribution in [0, 0.1) is 6.92 Å². The molecule has 0 bridgehead atoms. The molecule has 0 aliphatic carbocycles. The molecule has 1 aromatic heterocycles. The van der Waals surface area contributed by atoms with Gasteiger partial charge in [0, 0.05) is 34.5 Å². The van der Waals surface area contributed by atoms with Crippen LogP contribution in [-0.2, 0) is 14.6 Å². The highest BCUT2D eigenvalue weighted by Crippen LogP contribution is 2.36. The van der Waals surface area contributed by atoms with Crippen LogP contribution >= 0.6 is 34.5 Å². The number of halogens is 2. The molecular weight excluding hydrogens is 527 g/mol. The number of carboxylic acids is 1. The van der Waals surface area contributed by atoms with Crippen LogP contribution in [-0.4, -0.2) is 49.3 Å². The van der Waals surface area contributed by atoms with Gasteiger partial charge in [0.1, 0.15) is 10.3 Å². The summed E-state index contributed by atoms with van der Waals surface area (Å²) in [5, 5.41) is 12.5. The fourth-order valence-electron chi connectivity index (χ4n) is 3.98. The monoisotopic (exact) mass is 552 g/mol. The predicted octanol–water partition coefficient (Wildman–Crippen LogP) is 5.28. The van der Waals surface area contributed by atoms with Crippen LogP contribution in [0.1, 0.15) is 28.3 Å². The van der Waals surface area contributed by atoms with E-state index in [4.69, 9.17) is 28.9 Å². The molecule has 3 aromatic rings. The van der Waals surface area contributed by atoms with Crippen LogP contribution in [0.15, 0.2) is 64.7 Å². The van der Waals surface area contributed by atoms with Crippen LogP contribution in [0.5, 0.6) is 0 Å². The van der Waals surface area contributed by atoms with Gasteiger partial charge in [-0.1, -0.05) is 60.1 Å². The number of rotatable bonds is 6. The van der Waals surface area contributed by atoms with Gasteiger partial charge in [-0.25, -0.2) is 8.42 Å². The second-order valence-electron chi connectivity index (χ2n) is 8.25. The van der Waals surface area contributed by atoms with Crippen LogP contribution in [0.25, 0.3) is 6.08 Å². The molecule has 2 aromatic carbocycles. The summed E-state index contributed by atoms with van der Waals surface area (Å²) < 4.78 is 22.8. The van der Waals surface area contributed by atoms with Crippen LogP contribution in [0.4, 0.5) is 0 Å². The maximum atomic E-state index is 11.5. The summed E-state index contributed by atoms with van der Waals surface area (Å²) in [6, 6.07) is 13.6. The van der Waals surface area contributed by atoms with Crippen molar-refractivity contribution >= 4 is 56.4 Å². The van der Waals surface area contributed by atoms with Crippen molar-refractivity contribution in [2.24, 2.45) is 5.73 Å². The third-order valence-electron chi connectivity index (χ3n) is 5.67. The molecule has 1 aliphatic heterocycles. The van der Waals surface area contributed by atoms with Crippen molar-refractivity contribution < 1.29 is 18.3 Å². The molecule has 10 heteroatoms. The Labute approximate surface area is 219 Å². The van der Waals surface area contributed by atoms with Gasteiger partial charge in [0.25, 0.3) is 0 Å². The van der Waals surface area contributed by atoms with Gasteiger partial charge in [-0.2, -0.15) is 0 Å². The molecule has 0 spiro atoms. The maximum Gasteiger partial charge on any atom is 0.322 e. The minimum Gasteiger partial charge on any atom is -0.480 e. The number of sulfone groups is 1. The molecule has 2 atom stereocenters. The number of aliphatic carboxylic acids is 1. The smallest absolute Gasteiger partial charge is 0.322 e. The Morgan fingerprint density at radius 3 is 1.97 bits per heavy atom. The first-order valence-electron chi connectivity index (χ1n) is 10.6. The van der Waals surface area contributed by atoms with Gasteiger partial charge >= 0.3 is 5.97 Å². The van der Waals surface area contributed by atoms with Crippen LogP contribution in [0.3, 0.4) is 0 Å². The lowest BCUT2D eigenvalue weighted by molar-refractivity contribution is -0.151. The van der Waals surface area contributed by atoms with Crippen molar-refractivity contribution in [3.63, 3.8) is 0 Å². The molecule has 4 rings (SSSR count). The van der Waals surface area contributed by atoms with E-state index in [-0.39, 0.29) is 12.1 Å². The Morgan fingerprint density at radius 1 is 1.14 bits per heavy atom. The molecule has 0 radical (unpaired) electrons. The van der Waals surface area contributed by atoms with Crippen molar-refractivity contribution in [2.45, 2.75) is 29.3 Å². The van der Waals surface area contributed by atoms with Crippen LogP contribution < -0.4 is 5.73 Å². The first-order valence-corrected chi connectivity index (χ1v) is 14.1. The largest absolute Gasteiger partial charge is 0.480 e. The van der Waals surface area contributed by atoms with E-state index in [2.05, 4.69) is 6.58 Å². The van der Waals surface area contributed by atoms with E-state index in [1.165, 1.54) is 17.6 Å². The molecule has 3 N–H and O–H groups in total. The normalized spacial score (nSPS) is 17.9. The molecule has 2 unspecified atom stereocenters. The number of nitrogens with zero attached hydrogens (tertiary/aromatic N) is 1. The van der Waals surface area contributed by atoms with Crippen molar-refractivity contribution in [2.75, 3.05) is 12.8 Å². The van der Waals surface area contributed by atoms with E-state index < -0.39 is 21.8 Å². The minimum atomic E-state index is -3.08. The second kappa shape index (κ2) is 11.2. The summed E-state index contributed by atoms with van der Waals surface area (Å²) in [7, 11) is -3.08. The zero-order valence-corrected chi connectivity index (χ0v) is 22.3. The average molecular weight is 554 g/mol. The molecule has 1 fully saturated rings. The van der Waals surface area contributed by atoms with Crippen molar-refractivity contribution in [3.05, 3.63) is 92.8 Å². The molecule has 186 valence electrons. The Kier molecular flexibility index (Phi) is 8.80. The van der Waals surface area contributed by atoms with E-state index in [0.717, 1.165) is 22.3 Å². The number of hydrogen-bond donors (Lipinski definition) is 2. The molecule has 2 heterocycles. The van der Waals surface area contributed by atoms with Crippen molar-refractivity contribution in [3.8, 4) is 0 Å². The topological polar surface area (TPSA) is 101 Å². The van der Waals surface area contributed by atoms with E-state index in [1.54, 1.807) is 30.3 Å². The SMILES string of the molecule is C=Cc1c(C)csc1S(C)(=O)=O.NC1CN(C(c2ccc(Cl)cc2)c2ccc(Cl)cc2)C1C(=O)O. The lowest BCUT2D eigenvalue weighted by Gasteiger charge is -2.48. The third-order valence-corrected chi connectivity index (χ3v) is 9.17. The number of likely N-dealkylation sites (tertiary alicyclic amines) is 1. The van der Waals surface area contributed by atoms with Gasteiger partial charge in [-0.05, 0) is 53.3 Å². The molecule has 6 nitrogen and oxygen atoms in total. The molecule has 35 heavy (non-hydrogen) atoms. The number of aryl methyl sites for hydroxylation is 1. The molecule has 1 aliphatic rings. The number of thiophene rings is 1. The average Bonchev–Trinajstić information content (AvgIpc) is 3.16. The van der Waals surface area contributed by atoms with Gasteiger partial charge in [-0.3, -0.25) is 9.69 Å². The Morgan fingerprint density at radius 2 is 1.63 bits per heavy atom. The number of hydrogen-bond acceptors (Lipinski definition) is 6. The lowest BCUT2D eigenvalue weighted by Crippen LogP contribution is -2.68. The zero-order chi connectivity index (χ0) is 25.9. The van der Waals surface area contributed by atoms with E-state index in [9.17, 15) is 18.3 Å². The Hall–Kier alpha value is -2.20. The summed E-state index contributed by atoms with van der Waals surface area (Å²) in [6.45, 7) is 5.98. The fourth-order valence-corrected chi connectivity index (χ4v) is 6.50. The fraction of sp³-hybridized carbons (Fsp3) is 0.240. The van der Waals surface area contributed by atoms with Gasteiger partial charge in [-0.15, -0.1) is 11.3 Å². The molecular formula is C25H26Cl2N2O4S2. The third kappa shape index (κ3) is 6.33. The number of benzene rings is 2. The summed E-state index contributed by atoms with van der Waals surface area (Å²) in [4.78, 5) is 13.4. The van der Waals surface area contributed by atoms with E-state index in [0.29, 0.717) is 20.8 Å². The van der Waals surface area contributed by atoms with Crippen molar-refractivity contribution in [1.29, 1.82) is 0 Å². The van der Waals surface area contributed by atoms with Gasteiger partial charge in [0.2, 0.25) is 0 Å². The highest BCUT2D eigenvalue weighted by atomic mass is 35.5. The summed E-state index contributed by atoms with van der Waals surface area (Å²) in [6.07, 6.45) is 2.80. The Bertz CT molecular complexity index is 1260. The highest BCUT2D eigenvalue weighted by molar-refractivity contribution is 7.92. The first-order chi connectivity index (χ1) is 16.4. The number of carbonyl (C=O) groups is 1. The summed E-state index contributed by atoms with van der Waals surface area (Å²) >= 11 is 13.2. The van der Waals surface area contributed by atoms with Gasteiger partial charge in [0.15, 0.2) is 9.84 Å². The van der Waals surface area contributed by atoms with Gasteiger partial charge < -0.3 is 10.8 Å². The number of carboxylic acid groups (broad SMARTS) is 1. The standard InChI is InChI=1S/C17H16Cl2N2O2.C8H10O2S2/c18-12-5-1-10(2-6-12)15(11-3-7-13(19)8-4-11)21-9-14(20)16(21)17(22)23;1-4-7-6(2)5-11-8(7)12(3,9)10/h1-8,14-16H,9,20H2,(H,22,23);4-5H,1H2,2-3H3. The van der Waals surface area contributed by atoms with Crippen LogP contribution in [0.2, 0.25) is 10.0 Å². The number of nitrogens with two attached hydrogens (primary N) is 1. The maximum absolute atomic E-state index is 11.5.